The summed E-state index contributed by atoms with van der Waals surface area (Å²) in [6.07, 6.45) is 3.15. The van der Waals surface area contributed by atoms with E-state index in [4.69, 9.17) is 11.5 Å². The molecule has 0 spiro atoms. The number of nitrogens with zero attached hydrogens (tertiary/aromatic N) is 3. The predicted molar refractivity (Wildman–Crippen MR) is 134 cm³/mol. The fourth-order valence-corrected chi connectivity index (χ4v) is 5.08. The Morgan fingerprint density at radius 1 is 1.17 bits per heavy atom. The predicted octanol–water partition coefficient (Wildman–Crippen LogP) is 2.16. The van der Waals surface area contributed by atoms with Gasteiger partial charge in [-0.15, -0.1) is 0 Å². The quantitative estimate of drug-likeness (QED) is 0.327. The Hall–Kier alpha value is -4.32. The minimum Gasteiger partial charge on any atom is -0.384 e. The minimum atomic E-state index is -3.85. The van der Waals surface area contributed by atoms with Gasteiger partial charge in [0, 0.05) is 31.1 Å². The maximum absolute atomic E-state index is 14.8. The van der Waals surface area contributed by atoms with Crippen molar-refractivity contribution in [2.75, 3.05) is 10.5 Å². The van der Waals surface area contributed by atoms with E-state index in [9.17, 15) is 22.4 Å². The number of aryl methyl sites for hydroxylation is 1. The molecular formula is C24H23FN6O4S. The number of fused-ring (bicyclic) bond motifs is 1. The van der Waals surface area contributed by atoms with Crippen LogP contribution < -0.4 is 21.6 Å². The lowest BCUT2D eigenvalue weighted by Crippen LogP contribution is -2.28. The number of carbonyl (C=O) groups excluding carboxylic acids is 1. The minimum absolute atomic E-state index is 0.0684. The molecule has 0 saturated carbocycles. The normalized spacial score (nSPS) is 11.5. The van der Waals surface area contributed by atoms with E-state index >= 15 is 0 Å². The molecule has 0 aliphatic rings. The summed E-state index contributed by atoms with van der Waals surface area (Å²) in [6, 6.07) is 10.5. The van der Waals surface area contributed by atoms with E-state index in [1.165, 1.54) is 35.2 Å². The maximum atomic E-state index is 14.8. The van der Waals surface area contributed by atoms with Gasteiger partial charge in [0.1, 0.15) is 22.8 Å². The zero-order chi connectivity index (χ0) is 26.0. The first kappa shape index (κ1) is 24.8. The summed E-state index contributed by atoms with van der Waals surface area (Å²) < 4.78 is 43.4. The van der Waals surface area contributed by atoms with E-state index in [0.717, 1.165) is 0 Å². The summed E-state index contributed by atoms with van der Waals surface area (Å²) >= 11 is 0. The number of nitrogens with two attached hydrogens (primary N) is 2. The molecule has 4 aromatic rings. The summed E-state index contributed by atoms with van der Waals surface area (Å²) in [4.78, 5) is 32.8. The molecule has 0 fully saturated rings. The topological polar surface area (TPSA) is 163 Å². The van der Waals surface area contributed by atoms with Gasteiger partial charge in [-0.2, -0.15) is 0 Å². The van der Waals surface area contributed by atoms with Crippen LogP contribution in [0.3, 0.4) is 0 Å². The zero-order valence-corrected chi connectivity index (χ0v) is 20.0. The van der Waals surface area contributed by atoms with Gasteiger partial charge in [0.05, 0.1) is 16.8 Å². The van der Waals surface area contributed by atoms with Crippen molar-refractivity contribution in [1.82, 2.24) is 14.5 Å². The highest BCUT2D eigenvalue weighted by molar-refractivity contribution is 7.91. The molecule has 5 N–H and O–H groups in total. The lowest BCUT2D eigenvalue weighted by molar-refractivity contribution is 0.0999. The first-order valence-electron chi connectivity index (χ1n) is 10.9. The van der Waals surface area contributed by atoms with Gasteiger partial charge in [0.15, 0.2) is 0 Å². The maximum Gasteiger partial charge on any atom is 0.256 e. The summed E-state index contributed by atoms with van der Waals surface area (Å²) in [5.74, 6) is -2.08. The Kier molecular flexibility index (Phi) is 6.71. The molecular weight excluding hydrogens is 487 g/mol. The van der Waals surface area contributed by atoms with Crippen LogP contribution >= 0.6 is 0 Å². The van der Waals surface area contributed by atoms with Crippen LogP contribution in [0.5, 0.6) is 0 Å². The number of nitrogen functional groups attached to an aromatic ring is 1. The van der Waals surface area contributed by atoms with Gasteiger partial charge >= 0.3 is 0 Å². The SMILES string of the molecule is CCn1c(N)c(C(N)=O)c(=O)c2ccc(Cc3ccc(NS(=O)(=O)Cc4cccnc4)c(F)c3)nc21. The number of carbonyl (C=O) groups is 1. The van der Waals surface area contributed by atoms with Crippen molar-refractivity contribution in [3.8, 4) is 0 Å². The van der Waals surface area contributed by atoms with Crippen LogP contribution in [-0.2, 0) is 28.7 Å². The number of aromatic nitrogens is 3. The lowest BCUT2D eigenvalue weighted by Gasteiger charge is -2.15. The fraction of sp³-hybridized carbons (Fsp3) is 0.167. The smallest absolute Gasteiger partial charge is 0.256 e. The van der Waals surface area contributed by atoms with Crippen molar-refractivity contribution in [1.29, 1.82) is 0 Å². The highest BCUT2D eigenvalue weighted by atomic mass is 32.2. The fourth-order valence-electron chi connectivity index (χ4n) is 3.89. The number of sulfonamides is 1. The van der Waals surface area contributed by atoms with Crippen LogP contribution in [0.1, 0.15) is 34.1 Å². The van der Waals surface area contributed by atoms with Crippen LogP contribution in [0.15, 0.2) is 59.7 Å². The summed E-state index contributed by atoms with van der Waals surface area (Å²) in [5.41, 5.74) is 12.1. The molecule has 0 aliphatic carbocycles. The average Bonchev–Trinajstić information content (AvgIpc) is 2.81. The molecule has 10 nitrogen and oxygen atoms in total. The molecule has 1 aromatic carbocycles. The van der Waals surface area contributed by atoms with Crippen molar-refractivity contribution in [3.63, 3.8) is 0 Å². The second-order valence-corrected chi connectivity index (χ2v) is 9.81. The van der Waals surface area contributed by atoms with Crippen molar-refractivity contribution in [2.24, 2.45) is 5.73 Å². The molecule has 0 bridgehead atoms. The van der Waals surface area contributed by atoms with Crippen molar-refractivity contribution < 1.29 is 17.6 Å². The number of pyridine rings is 3. The van der Waals surface area contributed by atoms with E-state index in [2.05, 4.69) is 14.7 Å². The van der Waals surface area contributed by atoms with Gasteiger partial charge in [-0.25, -0.2) is 17.8 Å². The Bertz CT molecular complexity index is 1640. The van der Waals surface area contributed by atoms with Gasteiger partial charge in [-0.1, -0.05) is 12.1 Å². The first-order chi connectivity index (χ1) is 17.1. The Morgan fingerprint density at radius 3 is 2.58 bits per heavy atom. The van der Waals surface area contributed by atoms with Crippen molar-refractivity contribution in [2.45, 2.75) is 25.6 Å². The number of hydrogen-bond acceptors (Lipinski definition) is 7. The Morgan fingerprint density at radius 2 is 1.94 bits per heavy atom. The average molecular weight is 511 g/mol. The number of halogens is 1. The molecule has 12 heteroatoms. The van der Waals surface area contributed by atoms with Gasteiger partial charge in [0.2, 0.25) is 15.5 Å². The third kappa shape index (κ3) is 5.03. The second-order valence-electron chi connectivity index (χ2n) is 8.09. The first-order valence-corrected chi connectivity index (χ1v) is 12.5. The Balaban J connectivity index is 1.60. The molecule has 0 unspecified atom stereocenters. The van der Waals surface area contributed by atoms with Gasteiger partial charge in [-0.3, -0.25) is 19.3 Å². The van der Waals surface area contributed by atoms with E-state index in [-0.39, 0.29) is 40.3 Å². The van der Waals surface area contributed by atoms with E-state index in [0.29, 0.717) is 23.4 Å². The monoisotopic (exact) mass is 510 g/mol. The second kappa shape index (κ2) is 9.74. The lowest BCUT2D eigenvalue weighted by atomic mass is 10.1. The van der Waals surface area contributed by atoms with Crippen LogP contribution in [0, 0.1) is 5.82 Å². The zero-order valence-electron chi connectivity index (χ0n) is 19.2. The number of benzene rings is 1. The van der Waals surface area contributed by atoms with Gasteiger partial charge in [-0.05, 0) is 48.4 Å². The third-order valence-electron chi connectivity index (χ3n) is 5.53. The molecule has 3 heterocycles. The summed E-state index contributed by atoms with van der Waals surface area (Å²) in [7, 11) is -3.85. The molecule has 36 heavy (non-hydrogen) atoms. The van der Waals surface area contributed by atoms with Crippen LogP contribution in [-0.4, -0.2) is 28.9 Å². The standard InChI is InChI=1S/C24H23FN6O4S/c1-2-31-22(26)20(23(27)33)21(32)17-7-6-16(29-24(17)31)10-14-5-8-19(18(25)11-14)30-36(34,35)13-15-4-3-9-28-12-15/h3-9,11-12,30H,2,10,13,26H2,1H3,(H2,27,33). The van der Waals surface area contributed by atoms with E-state index < -0.39 is 27.2 Å². The van der Waals surface area contributed by atoms with Crippen LogP contribution in [0.2, 0.25) is 0 Å². The number of hydrogen-bond donors (Lipinski definition) is 3. The van der Waals surface area contributed by atoms with E-state index in [1.807, 2.05) is 0 Å². The molecule has 0 atom stereocenters. The van der Waals surface area contributed by atoms with Crippen LogP contribution in [0.25, 0.3) is 11.0 Å². The largest absolute Gasteiger partial charge is 0.384 e. The Labute approximate surface area is 205 Å². The molecule has 0 saturated heterocycles. The van der Waals surface area contributed by atoms with E-state index in [1.54, 1.807) is 31.2 Å². The number of anilines is 2. The highest BCUT2D eigenvalue weighted by Gasteiger charge is 2.20. The molecule has 4 rings (SSSR count). The van der Waals surface area contributed by atoms with Gasteiger partial charge < -0.3 is 16.0 Å². The van der Waals surface area contributed by atoms with Crippen molar-refractivity contribution in [3.05, 3.63) is 93.3 Å². The highest BCUT2D eigenvalue weighted by Crippen LogP contribution is 2.22. The third-order valence-corrected chi connectivity index (χ3v) is 6.78. The summed E-state index contributed by atoms with van der Waals surface area (Å²) in [5, 5.41) is 0.188. The molecule has 0 radical (unpaired) electrons. The number of amides is 1. The number of primary amides is 1. The van der Waals surface area contributed by atoms with Crippen molar-refractivity contribution >= 4 is 38.5 Å². The number of nitrogens with one attached hydrogen (secondary N) is 1. The van der Waals surface area contributed by atoms with Crippen LogP contribution in [0.4, 0.5) is 15.9 Å². The molecule has 3 aromatic heterocycles. The number of rotatable bonds is 8. The molecule has 1 amide bonds. The molecule has 0 aliphatic heterocycles. The summed E-state index contributed by atoms with van der Waals surface area (Å²) in [6.45, 7) is 2.12. The molecule has 186 valence electrons. The van der Waals surface area contributed by atoms with Gasteiger partial charge in [0.25, 0.3) is 5.91 Å².